The third kappa shape index (κ3) is 3.59. The number of likely N-dealkylation sites (tertiary alicyclic amines) is 1. The van der Waals surface area contributed by atoms with Crippen LogP contribution in [0.3, 0.4) is 0 Å². The Hall–Kier alpha value is -1.92. The predicted molar refractivity (Wildman–Crippen MR) is 76.1 cm³/mol. The molecule has 1 unspecified atom stereocenters. The molecule has 2 amide bonds. The Morgan fingerprint density at radius 2 is 2.00 bits per heavy atom. The summed E-state index contributed by atoms with van der Waals surface area (Å²) in [5.74, 6) is -1.30. The van der Waals surface area contributed by atoms with Crippen molar-refractivity contribution in [1.82, 2.24) is 4.90 Å². The minimum Gasteiger partial charge on any atom is -0.390 e. The molecule has 0 aromatic heterocycles. The van der Waals surface area contributed by atoms with Gasteiger partial charge in [-0.25, -0.2) is 0 Å². The number of carbonyl (C=O) groups excluding carboxylic acids is 2. The summed E-state index contributed by atoms with van der Waals surface area (Å²) in [5, 5.41) is 19.7. The zero-order chi connectivity index (χ0) is 15.4. The molecule has 1 aromatic carbocycles. The molecule has 6 nitrogen and oxygen atoms in total. The Labute approximate surface area is 123 Å². The number of nitrogens with two attached hydrogens (primary N) is 1. The number of aryl methyl sites for hydroxylation is 1. The Morgan fingerprint density at radius 1 is 1.33 bits per heavy atom. The number of hydrogen-bond acceptors (Lipinski definition) is 4. The highest BCUT2D eigenvalue weighted by atomic mass is 16.3. The summed E-state index contributed by atoms with van der Waals surface area (Å²) in [4.78, 5) is 24.7. The van der Waals surface area contributed by atoms with E-state index in [9.17, 15) is 19.8 Å². The maximum absolute atomic E-state index is 12.2. The van der Waals surface area contributed by atoms with E-state index < -0.39 is 30.1 Å². The molecule has 1 aliphatic heterocycles. The summed E-state index contributed by atoms with van der Waals surface area (Å²) >= 11 is 0. The smallest absolute Gasteiger partial charge is 0.252 e. The first-order valence-electron chi connectivity index (χ1n) is 7.00. The lowest BCUT2D eigenvalue weighted by atomic mass is 10.1. The molecule has 6 heteroatoms. The first-order chi connectivity index (χ1) is 10.0. The van der Waals surface area contributed by atoms with E-state index >= 15 is 0 Å². The SMILES string of the molecule is NC(=O)C1[C@@H](O)CCN1C(=O)[C@H](O)CCc1ccccc1. The van der Waals surface area contributed by atoms with Gasteiger partial charge in [-0.05, 0) is 24.8 Å². The molecular formula is C15H20N2O4. The fraction of sp³-hybridized carbons (Fsp3) is 0.467. The van der Waals surface area contributed by atoms with Gasteiger partial charge in [-0.1, -0.05) is 30.3 Å². The zero-order valence-electron chi connectivity index (χ0n) is 11.7. The first kappa shape index (κ1) is 15.5. The van der Waals surface area contributed by atoms with E-state index in [1.807, 2.05) is 30.3 Å². The van der Waals surface area contributed by atoms with Crippen LogP contribution in [0.2, 0.25) is 0 Å². The number of benzene rings is 1. The number of aliphatic hydroxyl groups excluding tert-OH is 2. The molecule has 0 aliphatic carbocycles. The molecule has 1 fully saturated rings. The Morgan fingerprint density at radius 3 is 2.62 bits per heavy atom. The lowest BCUT2D eigenvalue weighted by Gasteiger charge is -2.25. The molecule has 0 spiro atoms. The van der Waals surface area contributed by atoms with Gasteiger partial charge in [0.2, 0.25) is 5.91 Å². The van der Waals surface area contributed by atoms with Crippen molar-refractivity contribution < 1.29 is 19.8 Å². The number of hydrogen-bond donors (Lipinski definition) is 3. The molecule has 1 heterocycles. The second kappa shape index (κ2) is 6.69. The topological polar surface area (TPSA) is 104 Å². The van der Waals surface area contributed by atoms with Gasteiger partial charge in [-0.3, -0.25) is 9.59 Å². The fourth-order valence-corrected chi connectivity index (χ4v) is 2.63. The lowest BCUT2D eigenvalue weighted by molar-refractivity contribution is -0.146. The molecule has 0 bridgehead atoms. The fourth-order valence-electron chi connectivity index (χ4n) is 2.63. The average Bonchev–Trinajstić information content (AvgIpc) is 2.87. The van der Waals surface area contributed by atoms with Crippen LogP contribution in [-0.4, -0.2) is 51.7 Å². The molecule has 2 rings (SSSR count). The van der Waals surface area contributed by atoms with Crippen LogP contribution in [-0.2, 0) is 16.0 Å². The van der Waals surface area contributed by atoms with Crippen molar-refractivity contribution in [3.8, 4) is 0 Å². The van der Waals surface area contributed by atoms with E-state index in [1.54, 1.807) is 0 Å². The number of carbonyl (C=O) groups is 2. The Kier molecular flexibility index (Phi) is 4.93. The minimum atomic E-state index is -1.20. The summed E-state index contributed by atoms with van der Waals surface area (Å²) in [6.45, 7) is 0.232. The van der Waals surface area contributed by atoms with E-state index in [0.29, 0.717) is 12.8 Å². The molecule has 1 aliphatic rings. The summed E-state index contributed by atoms with van der Waals surface area (Å²) in [5.41, 5.74) is 6.23. The molecule has 0 radical (unpaired) electrons. The van der Waals surface area contributed by atoms with E-state index in [0.717, 1.165) is 5.56 Å². The van der Waals surface area contributed by atoms with Gasteiger partial charge in [0.05, 0.1) is 6.10 Å². The maximum Gasteiger partial charge on any atom is 0.252 e. The van der Waals surface area contributed by atoms with Crippen LogP contribution in [0.15, 0.2) is 30.3 Å². The first-order valence-corrected chi connectivity index (χ1v) is 7.00. The largest absolute Gasteiger partial charge is 0.390 e. The standard InChI is InChI=1S/C15H20N2O4/c16-14(20)13-11(18)8-9-17(13)15(21)12(19)7-6-10-4-2-1-3-5-10/h1-5,11-13,18-19H,6-9H2,(H2,16,20)/t11-,12+,13?/m0/s1. The van der Waals surface area contributed by atoms with Crippen LogP contribution in [0.5, 0.6) is 0 Å². The van der Waals surface area contributed by atoms with E-state index in [1.165, 1.54) is 4.90 Å². The third-order valence-corrected chi connectivity index (χ3v) is 3.77. The van der Waals surface area contributed by atoms with E-state index in [-0.39, 0.29) is 13.0 Å². The van der Waals surface area contributed by atoms with Gasteiger partial charge >= 0.3 is 0 Å². The highest BCUT2D eigenvalue weighted by Crippen LogP contribution is 2.20. The number of rotatable bonds is 5. The van der Waals surface area contributed by atoms with E-state index in [2.05, 4.69) is 0 Å². The molecule has 4 N–H and O–H groups in total. The molecular weight excluding hydrogens is 272 g/mol. The van der Waals surface area contributed by atoms with Crippen molar-refractivity contribution in [2.75, 3.05) is 6.54 Å². The quantitative estimate of drug-likeness (QED) is 0.676. The normalized spacial score (nSPS) is 23.0. The number of primary amides is 1. The number of aliphatic hydroxyl groups is 2. The van der Waals surface area contributed by atoms with Crippen molar-refractivity contribution >= 4 is 11.8 Å². The Bertz CT molecular complexity index is 506. The van der Waals surface area contributed by atoms with Crippen molar-refractivity contribution in [3.05, 3.63) is 35.9 Å². The van der Waals surface area contributed by atoms with Crippen LogP contribution >= 0.6 is 0 Å². The van der Waals surface area contributed by atoms with Crippen LogP contribution in [0.4, 0.5) is 0 Å². The molecule has 114 valence electrons. The lowest BCUT2D eigenvalue weighted by Crippen LogP contribution is -2.51. The van der Waals surface area contributed by atoms with Crippen LogP contribution in [0.25, 0.3) is 0 Å². The van der Waals surface area contributed by atoms with Crippen molar-refractivity contribution in [2.45, 2.75) is 37.5 Å². The van der Waals surface area contributed by atoms with Gasteiger partial charge in [-0.15, -0.1) is 0 Å². The van der Waals surface area contributed by atoms with Gasteiger partial charge in [0, 0.05) is 6.54 Å². The summed E-state index contributed by atoms with van der Waals surface area (Å²) in [6, 6.07) is 8.48. The van der Waals surface area contributed by atoms with Gasteiger partial charge < -0.3 is 20.8 Å². The van der Waals surface area contributed by atoms with Crippen LogP contribution in [0.1, 0.15) is 18.4 Å². The maximum atomic E-state index is 12.2. The van der Waals surface area contributed by atoms with Gasteiger partial charge in [-0.2, -0.15) is 0 Å². The molecule has 21 heavy (non-hydrogen) atoms. The van der Waals surface area contributed by atoms with Gasteiger partial charge in [0.25, 0.3) is 5.91 Å². The van der Waals surface area contributed by atoms with Crippen LogP contribution in [0, 0.1) is 0 Å². The molecule has 0 saturated carbocycles. The van der Waals surface area contributed by atoms with Crippen molar-refractivity contribution in [3.63, 3.8) is 0 Å². The Balaban J connectivity index is 1.94. The van der Waals surface area contributed by atoms with E-state index in [4.69, 9.17) is 5.73 Å². The van der Waals surface area contributed by atoms with Gasteiger partial charge in [0.15, 0.2) is 0 Å². The third-order valence-electron chi connectivity index (χ3n) is 3.77. The second-order valence-corrected chi connectivity index (χ2v) is 5.27. The summed E-state index contributed by atoms with van der Waals surface area (Å²) in [6.07, 6.45) is -1.03. The molecule has 1 saturated heterocycles. The zero-order valence-corrected chi connectivity index (χ0v) is 11.7. The van der Waals surface area contributed by atoms with Gasteiger partial charge in [0.1, 0.15) is 12.1 Å². The van der Waals surface area contributed by atoms with Crippen molar-refractivity contribution in [2.24, 2.45) is 5.73 Å². The second-order valence-electron chi connectivity index (χ2n) is 5.27. The predicted octanol–water partition coefficient (Wildman–Crippen LogP) is -0.573. The summed E-state index contributed by atoms with van der Waals surface area (Å²) < 4.78 is 0. The average molecular weight is 292 g/mol. The highest BCUT2D eigenvalue weighted by molar-refractivity contribution is 5.89. The number of nitrogens with zero attached hydrogens (tertiary/aromatic N) is 1. The monoisotopic (exact) mass is 292 g/mol. The summed E-state index contributed by atoms with van der Waals surface area (Å²) in [7, 11) is 0. The highest BCUT2D eigenvalue weighted by Gasteiger charge is 2.41. The van der Waals surface area contributed by atoms with Crippen LogP contribution < -0.4 is 5.73 Å². The molecule has 3 atom stereocenters. The minimum absolute atomic E-state index is 0.232. The number of amides is 2. The van der Waals surface area contributed by atoms with Crippen molar-refractivity contribution in [1.29, 1.82) is 0 Å². The molecule has 1 aromatic rings.